The number of nitro benzene ring substituents is 2. The first-order valence-corrected chi connectivity index (χ1v) is 9.94. The summed E-state index contributed by atoms with van der Waals surface area (Å²) in [7, 11) is 1.51. The first kappa shape index (κ1) is 22.7. The van der Waals surface area contributed by atoms with E-state index in [4.69, 9.17) is 9.47 Å². The maximum Gasteiger partial charge on any atom is 0.269 e. The summed E-state index contributed by atoms with van der Waals surface area (Å²) in [4.78, 5) is 20.5. The molecule has 3 aromatic rings. The molecule has 0 heterocycles. The second-order valence-electron chi connectivity index (χ2n) is 6.42. The number of rotatable bonds is 9. The van der Waals surface area contributed by atoms with Crippen LogP contribution < -0.4 is 14.9 Å². The highest BCUT2D eigenvalue weighted by Gasteiger charge is 2.12. The normalized spacial score (nSPS) is 10.7. The van der Waals surface area contributed by atoms with Crippen LogP contribution in [0.2, 0.25) is 0 Å². The largest absolute Gasteiger partial charge is 0.493 e. The van der Waals surface area contributed by atoms with Gasteiger partial charge in [0.25, 0.3) is 11.4 Å². The van der Waals surface area contributed by atoms with Crippen LogP contribution in [0.25, 0.3) is 0 Å². The summed E-state index contributed by atoms with van der Waals surface area (Å²) >= 11 is 3.46. The van der Waals surface area contributed by atoms with Gasteiger partial charge in [-0.15, -0.1) is 0 Å². The lowest BCUT2D eigenvalue weighted by Gasteiger charge is -2.13. The van der Waals surface area contributed by atoms with Crippen molar-refractivity contribution in [2.45, 2.75) is 6.61 Å². The summed E-state index contributed by atoms with van der Waals surface area (Å²) in [5.74, 6) is 0.949. The predicted molar refractivity (Wildman–Crippen MR) is 122 cm³/mol. The van der Waals surface area contributed by atoms with Crippen LogP contribution >= 0.6 is 15.9 Å². The van der Waals surface area contributed by atoms with Gasteiger partial charge >= 0.3 is 0 Å². The van der Waals surface area contributed by atoms with Gasteiger partial charge in [0.05, 0.1) is 33.3 Å². The van der Waals surface area contributed by atoms with Crippen LogP contribution in [0, 0.1) is 20.2 Å². The van der Waals surface area contributed by atoms with Gasteiger partial charge in [-0.1, -0.05) is 0 Å². The molecule has 0 aliphatic carbocycles. The summed E-state index contributed by atoms with van der Waals surface area (Å²) in [6, 6.07) is 15.5. The van der Waals surface area contributed by atoms with E-state index in [0.717, 1.165) is 5.56 Å². The molecule has 3 rings (SSSR count). The maximum absolute atomic E-state index is 10.8. The Bertz CT molecular complexity index is 1150. The molecule has 0 radical (unpaired) electrons. The fourth-order valence-electron chi connectivity index (χ4n) is 2.66. The fourth-order valence-corrected chi connectivity index (χ4v) is 3.24. The predicted octanol–water partition coefficient (Wildman–Crippen LogP) is 5.30. The molecule has 3 aromatic carbocycles. The van der Waals surface area contributed by atoms with Crippen molar-refractivity contribution in [3.63, 3.8) is 0 Å². The third-order valence-electron chi connectivity index (χ3n) is 4.27. The van der Waals surface area contributed by atoms with Gasteiger partial charge in [-0.25, -0.2) is 0 Å². The van der Waals surface area contributed by atoms with E-state index in [1.807, 2.05) is 0 Å². The summed E-state index contributed by atoms with van der Waals surface area (Å²) < 4.78 is 11.9. The Labute approximate surface area is 190 Å². The Balaban J connectivity index is 1.67. The molecule has 0 aliphatic heterocycles. The number of hydrogen-bond donors (Lipinski definition) is 1. The quantitative estimate of drug-likeness (QED) is 0.239. The molecule has 1 N–H and O–H groups in total. The zero-order valence-electron chi connectivity index (χ0n) is 16.7. The van der Waals surface area contributed by atoms with E-state index in [0.29, 0.717) is 27.2 Å². The van der Waals surface area contributed by atoms with Crippen molar-refractivity contribution < 1.29 is 19.3 Å². The van der Waals surface area contributed by atoms with Crippen molar-refractivity contribution in [1.29, 1.82) is 0 Å². The van der Waals surface area contributed by atoms with Crippen molar-refractivity contribution in [2.24, 2.45) is 5.10 Å². The Morgan fingerprint density at radius 2 is 1.59 bits per heavy atom. The number of nitrogens with zero attached hydrogens (tertiary/aromatic N) is 3. The van der Waals surface area contributed by atoms with E-state index in [1.165, 1.54) is 31.4 Å². The van der Waals surface area contributed by atoms with Crippen LogP contribution in [0.1, 0.15) is 11.1 Å². The lowest BCUT2D eigenvalue weighted by Crippen LogP contribution is -2.00. The number of nitrogens with one attached hydrogen (secondary N) is 1. The number of non-ortho nitro benzene ring substituents is 2. The minimum Gasteiger partial charge on any atom is -0.493 e. The summed E-state index contributed by atoms with van der Waals surface area (Å²) in [6.07, 6.45) is 1.56. The molecule has 0 spiro atoms. The molecule has 10 nitrogen and oxygen atoms in total. The van der Waals surface area contributed by atoms with Crippen LogP contribution in [0.15, 0.2) is 70.2 Å². The van der Waals surface area contributed by atoms with E-state index in [9.17, 15) is 20.2 Å². The van der Waals surface area contributed by atoms with Gasteiger partial charge in [0, 0.05) is 24.3 Å². The monoisotopic (exact) mass is 500 g/mol. The molecule has 0 unspecified atom stereocenters. The van der Waals surface area contributed by atoms with E-state index in [2.05, 4.69) is 26.5 Å². The minimum absolute atomic E-state index is 0.00230. The average Bonchev–Trinajstić information content (AvgIpc) is 2.78. The van der Waals surface area contributed by atoms with Gasteiger partial charge in [-0.2, -0.15) is 5.10 Å². The topological polar surface area (TPSA) is 129 Å². The van der Waals surface area contributed by atoms with Gasteiger partial charge in [-0.05, 0) is 63.5 Å². The van der Waals surface area contributed by atoms with E-state index in [1.54, 1.807) is 42.6 Å². The average molecular weight is 501 g/mol. The highest BCUT2D eigenvalue weighted by atomic mass is 79.9. The maximum atomic E-state index is 10.8. The molecule has 0 fully saturated rings. The number of benzene rings is 3. The van der Waals surface area contributed by atoms with Gasteiger partial charge in [0.1, 0.15) is 6.61 Å². The number of ether oxygens (including phenoxy) is 2. The number of hydrogen-bond acceptors (Lipinski definition) is 8. The van der Waals surface area contributed by atoms with Gasteiger partial charge < -0.3 is 9.47 Å². The number of nitro groups is 2. The molecule has 0 saturated heterocycles. The molecule has 0 aromatic heterocycles. The van der Waals surface area contributed by atoms with Crippen molar-refractivity contribution in [3.8, 4) is 11.5 Å². The van der Waals surface area contributed by atoms with Crippen LogP contribution in [0.4, 0.5) is 17.1 Å². The molecule has 0 bridgehead atoms. The fraction of sp³-hybridized carbons (Fsp3) is 0.0952. The summed E-state index contributed by atoms with van der Waals surface area (Å²) in [6.45, 7) is 0.197. The zero-order chi connectivity index (χ0) is 23.1. The molecular formula is C21H17BrN4O6. The lowest BCUT2D eigenvalue weighted by molar-refractivity contribution is -0.385. The number of hydrazone groups is 1. The molecular weight excluding hydrogens is 484 g/mol. The number of anilines is 1. The van der Waals surface area contributed by atoms with E-state index in [-0.39, 0.29) is 18.0 Å². The Hall–Kier alpha value is -3.99. The van der Waals surface area contributed by atoms with Gasteiger partial charge in [0.2, 0.25) is 0 Å². The van der Waals surface area contributed by atoms with Gasteiger partial charge in [-0.3, -0.25) is 25.7 Å². The Morgan fingerprint density at radius 3 is 2.16 bits per heavy atom. The Morgan fingerprint density at radius 1 is 1.00 bits per heavy atom. The van der Waals surface area contributed by atoms with Crippen LogP contribution in [0.5, 0.6) is 11.5 Å². The first-order valence-electron chi connectivity index (χ1n) is 9.14. The third kappa shape index (κ3) is 5.79. The van der Waals surface area contributed by atoms with Crippen LogP contribution in [-0.4, -0.2) is 23.2 Å². The first-order chi connectivity index (χ1) is 15.4. The Kier molecular flexibility index (Phi) is 7.34. The zero-order valence-corrected chi connectivity index (χ0v) is 18.3. The van der Waals surface area contributed by atoms with Gasteiger partial charge in [0.15, 0.2) is 11.5 Å². The smallest absolute Gasteiger partial charge is 0.269 e. The summed E-state index contributed by atoms with van der Waals surface area (Å²) in [5, 5.41) is 25.6. The molecule has 0 aliphatic rings. The highest BCUT2D eigenvalue weighted by Crippen LogP contribution is 2.37. The standard InChI is InChI=1S/C21H17BrN4O6/c1-31-20-11-15(12-23-24-16-4-8-18(9-5-16)26(29)30)10-19(22)21(20)32-13-14-2-6-17(7-3-14)25(27)28/h2-12,24H,13H2,1H3/b23-12+. The third-order valence-corrected chi connectivity index (χ3v) is 4.86. The molecule has 0 saturated carbocycles. The molecule has 11 heteroatoms. The SMILES string of the molecule is COc1cc(/C=N/Nc2ccc([N+](=O)[O-])cc2)cc(Br)c1OCc1ccc([N+](=O)[O-])cc1. The highest BCUT2D eigenvalue weighted by molar-refractivity contribution is 9.10. The van der Waals surface area contributed by atoms with Crippen LogP contribution in [-0.2, 0) is 6.61 Å². The number of halogens is 1. The molecule has 0 amide bonds. The second kappa shape index (κ2) is 10.4. The van der Waals surface area contributed by atoms with Crippen molar-refractivity contribution >= 4 is 39.2 Å². The van der Waals surface area contributed by atoms with Crippen molar-refractivity contribution in [1.82, 2.24) is 0 Å². The second-order valence-corrected chi connectivity index (χ2v) is 7.27. The van der Waals surface area contributed by atoms with Crippen LogP contribution in [0.3, 0.4) is 0 Å². The summed E-state index contributed by atoms with van der Waals surface area (Å²) in [5.41, 5.74) is 4.89. The minimum atomic E-state index is -0.470. The molecule has 164 valence electrons. The van der Waals surface area contributed by atoms with Crippen molar-refractivity contribution in [3.05, 3.63) is 96.5 Å². The molecule has 0 atom stereocenters. The molecule has 32 heavy (non-hydrogen) atoms. The lowest BCUT2D eigenvalue weighted by atomic mass is 10.2. The van der Waals surface area contributed by atoms with E-state index < -0.39 is 9.85 Å². The van der Waals surface area contributed by atoms with Crippen molar-refractivity contribution in [2.75, 3.05) is 12.5 Å². The number of methoxy groups -OCH3 is 1. The van der Waals surface area contributed by atoms with E-state index >= 15 is 0 Å².